The van der Waals surface area contributed by atoms with Crippen LogP contribution in [0.4, 0.5) is 4.39 Å². The van der Waals surface area contributed by atoms with Crippen molar-refractivity contribution in [1.29, 1.82) is 0 Å². The fourth-order valence-electron chi connectivity index (χ4n) is 2.34. The van der Waals surface area contributed by atoms with Crippen LogP contribution in [0.3, 0.4) is 0 Å². The number of hydrogen-bond acceptors (Lipinski definition) is 4. The zero-order chi connectivity index (χ0) is 15.6. The van der Waals surface area contributed by atoms with Crippen molar-refractivity contribution < 1.29 is 22.7 Å². The molecule has 0 atom stereocenters. The number of sulfonamides is 1. The van der Waals surface area contributed by atoms with Crippen molar-refractivity contribution in [2.75, 3.05) is 20.2 Å². The van der Waals surface area contributed by atoms with E-state index in [1.54, 1.807) is 7.11 Å². The molecule has 1 aliphatic rings. The molecule has 1 heterocycles. The first-order valence-electron chi connectivity index (χ1n) is 6.52. The summed E-state index contributed by atoms with van der Waals surface area (Å²) in [6, 6.07) is 2.10. The number of hydrogen-bond donors (Lipinski definition) is 1. The van der Waals surface area contributed by atoms with Gasteiger partial charge in [0.05, 0.1) is 22.6 Å². The van der Waals surface area contributed by atoms with Gasteiger partial charge in [-0.05, 0) is 25.0 Å². The predicted octanol–water partition coefficient (Wildman–Crippen LogP) is 1.77. The van der Waals surface area contributed by atoms with Crippen LogP contribution in [0.25, 0.3) is 0 Å². The summed E-state index contributed by atoms with van der Waals surface area (Å²) in [7, 11) is -2.20. The number of benzene rings is 1. The zero-order valence-electron chi connectivity index (χ0n) is 11.6. The summed E-state index contributed by atoms with van der Waals surface area (Å²) in [5, 5.41) is 8.88. The first-order valence-corrected chi connectivity index (χ1v) is 8.33. The molecule has 1 aromatic carbocycles. The Kier molecular flexibility index (Phi) is 5.21. The molecule has 0 unspecified atom stereocenters. The van der Waals surface area contributed by atoms with Gasteiger partial charge in [-0.25, -0.2) is 12.8 Å². The molecule has 0 spiro atoms. The second-order valence-corrected chi connectivity index (χ2v) is 7.19. The Morgan fingerprint density at radius 3 is 2.57 bits per heavy atom. The molecule has 5 nitrogen and oxygen atoms in total. The van der Waals surface area contributed by atoms with Crippen molar-refractivity contribution in [2.45, 2.75) is 30.4 Å². The molecule has 0 amide bonds. The van der Waals surface area contributed by atoms with E-state index in [0.717, 1.165) is 6.07 Å². The van der Waals surface area contributed by atoms with E-state index in [1.165, 1.54) is 10.4 Å². The average molecular weight is 338 g/mol. The average Bonchev–Trinajstić information content (AvgIpc) is 2.49. The fraction of sp³-hybridized carbons (Fsp3) is 0.538. The number of nitrogens with zero attached hydrogens (tertiary/aromatic N) is 1. The van der Waals surface area contributed by atoms with E-state index >= 15 is 0 Å². The van der Waals surface area contributed by atoms with Gasteiger partial charge < -0.3 is 9.84 Å². The quantitative estimate of drug-likeness (QED) is 0.909. The van der Waals surface area contributed by atoms with Crippen LogP contribution in [-0.2, 0) is 21.4 Å². The standard InChI is InChI=1S/C13H17ClFNO4S/c1-20-10-2-4-16(5-3-10)21(18,19)11-6-9(8-17)13(14)12(15)7-11/h6-7,10,17H,2-5,8H2,1H3. The SMILES string of the molecule is COC1CCN(S(=O)(=O)c2cc(F)c(Cl)c(CO)c2)CC1. The Bertz CT molecular complexity index is 615. The highest BCUT2D eigenvalue weighted by molar-refractivity contribution is 7.89. The van der Waals surface area contributed by atoms with Crippen LogP contribution < -0.4 is 0 Å². The molecule has 1 fully saturated rings. The molecule has 2 rings (SSSR count). The topological polar surface area (TPSA) is 66.8 Å². The van der Waals surface area contributed by atoms with Crippen molar-refractivity contribution in [3.63, 3.8) is 0 Å². The second kappa shape index (κ2) is 6.58. The summed E-state index contributed by atoms with van der Waals surface area (Å²) in [6.07, 6.45) is 1.24. The summed E-state index contributed by atoms with van der Waals surface area (Å²) in [5.41, 5.74) is 0.0574. The molecule has 8 heteroatoms. The lowest BCUT2D eigenvalue weighted by molar-refractivity contribution is 0.0604. The van der Waals surface area contributed by atoms with Crippen LogP contribution in [0.15, 0.2) is 17.0 Å². The molecule has 21 heavy (non-hydrogen) atoms. The summed E-state index contributed by atoms with van der Waals surface area (Å²) < 4.78 is 45.2. The molecule has 118 valence electrons. The fourth-order valence-corrected chi connectivity index (χ4v) is 4.04. The smallest absolute Gasteiger partial charge is 0.243 e. The molecule has 1 N–H and O–H groups in total. The Hall–Kier alpha value is -0.730. The normalized spacial score (nSPS) is 18.1. The molecular weight excluding hydrogens is 321 g/mol. The summed E-state index contributed by atoms with van der Waals surface area (Å²) in [5.74, 6) is -0.853. The first kappa shape index (κ1) is 16.6. The maximum absolute atomic E-state index is 13.7. The minimum atomic E-state index is -3.80. The van der Waals surface area contributed by atoms with Crippen molar-refractivity contribution in [1.82, 2.24) is 4.31 Å². The molecule has 1 saturated heterocycles. The third-order valence-electron chi connectivity index (χ3n) is 3.62. The summed E-state index contributed by atoms with van der Waals surface area (Å²) >= 11 is 5.68. The van der Waals surface area contributed by atoms with E-state index in [2.05, 4.69) is 0 Å². The van der Waals surface area contributed by atoms with Gasteiger partial charge >= 0.3 is 0 Å². The van der Waals surface area contributed by atoms with E-state index in [9.17, 15) is 12.8 Å². The number of methoxy groups -OCH3 is 1. The lowest BCUT2D eigenvalue weighted by atomic mass is 10.1. The van der Waals surface area contributed by atoms with Crippen LogP contribution in [0.5, 0.6) is 0 Å². The minimum absolute atomic E-state index is 0.0476. The molecule has 0 aromatic heterocycles. The summed E-state index contributed by atoms with van der Waals surface area (Å²) in [4.78, 5) is -0.190. The van der Waals surface area contributed by atoms with Gasteiger partial charge in [0.2, 0.25) is 10.0 Å². The highest BCUT2D eigenvalue weighted by Crippen LogP contribution is 2.28. The molecule has 0 bridgehead atoms. The molecular formula is C13H17ClFNO4S. The van der Waals surface area contributed by atoms with Crippen LogP contribution in [0.1, 0.15) is 18.4 Å². The lowest BCUT2D eigenvalue weighted by Gasteiger charge is -2.30. The van der Waals surface area contributed by atoms with E-state index in [4.69, 9.17) is 21.4 Å². The molecule has 1 aliphatic heterocycles. The lowest BCUT2D eigenvalue weighted by Crippen LogP contribution is -2.40. The Labute approximate surface area is 128 Å². The van der Waals surface area contributed by atoms with Crippen molar-refractivity contribution in [3.8, 4) is 0 Å². The largest absolute Gasteiger partial charge is 0.392 e. The van der Waals surface area contributed by atoms with Crippen LogP contribution in [-0.4, -0.2) is 44.1 Å². The van der Waals surface area contributed by atoms with Gasteiger partial charge in [0.15, 0.2) is 0 Å². The van der Waals surface area contributed by atoms with E-state index < -0.39 is 22.4 Å². The highest BCUT2D eigenvalue weighted by atomic mass is 35.5. The van der Waals surface area contributed by atoms with Crippen LogP contribution >= 0.6 is 11.6 Å². The number of ether oxygens (including phenoxy) is 1. The molecule has 0 aliphatic carbocycles. The van der Waals surface area contributed by atoms with Gasteiger partial charge in [0, 0.05) is 25.8 Å². The number of rotatable bonds is 4. The Balaban J connectivity index is 2.30. The van der Waals surface area contributed by atoms with Gasteiger partial charge in [-0.1, -0.05) is 11.6 Å². The number of aliphatic hydroxyl groups excluding tert-OH is 1. The van der Waals surface area contributed by atoms with Gasteiger partial charge in [-0.3, -0.25) is 0 Å². The van der Waals surface area contributed by atoms with Crippen LogP contribution in [0.2, 0.25) is 5.02 Å². The van der Waals surface area contributed by atoms with Gasteiger partial charge in [-0.2, -0.15) is 4.31 Å². The molecule has 0 saturated carbocycles. The number of halogens is 2. The maximum Gasteiger partial charge on any atom is 0.243 e. The van der Waals surface area contributed by atoms with E-state index in [1.807, 2.05) is 0 Å². The third kappa shape index (κ3) is 3.37. The van der Waals surface area contributed by atoms with Crippen LogP contribution in [0, 0.1) is 5.82 Å². The van der Waals surface area contributed by atoms with Crippen molar-refractivity contribution in [2.24, 2.45) is 0 Å². The predicted molar refractivity (Wildman–Crippen MR) is 76.1 cm³/mol. The molecule has 1 aromatic rings. The Morgan fingerprint density at radius 1 is 1.43 bits per heavy atom. The zero-order valence-corrected chi connectivity index (χ0v) is 13.1. The second-order valence-electron chi connectivity index (χ2n) is 4.88. The monoisotopic (exact) mass is 337 g/mol. The Morgan fingerprint density at radius 2 is 2.05 bits per heavy atom. The van der Waals surface area contributed by atoms with Gasteiger partial charge in [0.25, 0.3) is 0 Å². The van der Waals surface area contributed by atoms with Gasteiger partial charge in [0.1, 0.15) is 5.82 Å². The third-order valence-corrected chi connectivity index (χ3v) is 5.92. The number of piperidine rings is 1. The van der Waals surface area contributed by atoms with E-state index in [-0.39, 0.29) is 21.6 Å². The highest BCUT2D eigenvalue weighted by Gasteiger charge is 2.30. The first-order chi connectivity index (χ1) is 9.90. The van der Waals surface area contributed by atoms with Gasteiger partial charge in [-0.15, -0.1) is 0 Å². The van der Waals surface area contributed by atoms with Crippen molar-refractivity contribution in [3.05, 3.63) is 28.5 Å². The minimum Gasteiger partial charge on any atom is -0.392 e. The summed E-state index contributed by atoms with van der Waals surface area (Å²) in [6.45, 7) is 0.115. The molecule has 0 radical (unpaired) electrons. The maximum atomic E-state index is 13.7. The van der Waals surface area contributed by atoms with Crippen molar-refractivity contribution >= 4 is 21.6 Å². The number of aliphatic hydroxyl groups is 1. The van der Waals surface area contributed by atoms with E-state index in [0.29, 0.717) is 25.9 Å².